The van der Waals surface area contributed by atoms with Crippen molar-refractivity contribution in [3.63, 3.8) is 0 Å². The first kappa shape index (κ1) is 10.6. The fourth-order valence-electron chi connectivity index (χ4n) is 0.880. The molecule has 1 aromatic rings. The van der Waals surface area contributed by atoms with Gasteiger partial charge in [0.25, 0.3) is 0 Å². The molecule has 1 N–H and O–H groups in total. The largest absolute Gasteiger partial charge is 0.502 e. The van der Waals surface area contributed by atoms with Crippen molar-refractivity contribution in [2.45, 2.75) is 0 Å². The lowest BCUT2D eigenvalue weighted by Crippen LogP contribution is -2.03. The lowest BCUT2D eigenvalue weighted by Gasteiger charge is -1.97. The number of carbonyl (C=O) groups is 1. The van der Waals surface area contributed by atoms with Crippen molar-refractivity contribution in [3.05, 3.63) is 40.6 Å². The molecule has 0 amide bonds. The summed E-state index contributed by atoms with van der Waals surface area (Å²) in [7, 11) is 1.20. The monoisotopic (exact) mass is 212 g/mol. The van der Waals surface area contributed by atoms with Crippen LogP contribution in [0.5, 0.6) is 0 Å². The van der Waals surface area contributed by atoms with Gasteiger partial charge in [-0.15, -0.1) is 0 Å². The highest BCUT2D eigenvalue weighted by Crippen LogP contribution is 2.12. The fraction of sp³-hybridized carbons (Fsp3) is 0.100. The molecule has 3 nitrogen and oxygen atoms in total. The van der Waals surface area contributed by atoms with Gasteiger partial charge < -0.3 is 9.84 Å². The third kappa shape index (κ3) is 2.78. The van der Waals surface area contributed by atoms with Crippen molar-refractivity contribution in [1.29, 1.82) is 0 Å². The first-order valence-corrected chi connectivity index (χ1v) is 4.26. The highest BCUT2D eigenvalue weighted by molar-refractivity contribution is 6.30. The molecule has 0 unspecified atom stereocenters. The van der Waals surface area contributed by atoms with Crippen molar-refractivity contribution in [2.75, 3.05) is 7.11 Å². The summed E-state index contributed by atoms with van der Waals surface area (Å²) in [5, 5.41) is 9.79. The second-order valence-electron chi connectivity index (χ2n) is 2.57. The molecule has 4 heteroatoms. The van der Waals surface area contributed by atoms with Gasteiger partial charge in [-0.05, 0) is 23.8 Å². The van der Waals surface area contributed by atoms with E-state index in [0.717, 1.165) is 0 Å². The molecule has 1 aromatic carbocycles. The summed E-state index contributed by atoms with van der Waals surface area (Å²) in [6, 6.07) is 6.69. The summed E-state index contributed by atoms with van der Waals surface area (Å²) < 4.78 is 4.32. The van der Waals surface area contributed by atoms with Gasteiger partial charge in [-0.25, -0.2) is 4.79 Å². The minimum Gasteiger partial charge on any atom is -0.502 e. The van der Waals surface area contributed by atoms with Crippen LogP contribution in [0.15, 0.2) is 30.0 Å². The first-order chi connectivity index (χ1) is 6.63. The maximum Gasteiger partial charge on any atom is 0.373 e. The highest BCUT2D eigenvalue weighted by Gasteiger charge is 2.05. The summed E-state index contributed by atoms with van der Waals surface area (Å²) >= 11 is 5.66. The Kier molecular flexibility index (Phi) is 3.54. The average molecular weight is 213 g/mol. The Morgan fingerprint density at radius 2 is 2.00 bits per heavy atom. The Hall–Kier alpha value is -1.48. The molecule has 0 bridgehead atoms. The van der Waals surface area contributed by atoms with Crippen molar-refractivity contribution >= 4 is 23.6 Å². The van der Waals surface area contributed by atoms with Crippen molar-refractivity contribution < 1.29 is 14.6 Å². The number of hydrogen-bond acceptors (Lipinski definition) is 3. The Morgan fingerprint density at radius 3 is 2.50 bits per heavy atom. The van der Waals surface area contributed by atoms with Gasteiger partial charge in [-0.1, -0.05) is 23.7 Å². The molecule has 0 saturated heterocycles. The Balaban J connectivity index is 2.86. The van der Waals surface area contributed by atoms with E-state index in [1.807, 2.05) is 0 Å². The van der Waals surface area contributed by atoms with E-state index >= 15 is 0 Å². The van der Waals surface area contributed by atoms with E-state index in [-0.39, 0.29) is 0 Å². The van der Waals surface area contributed by atoms with E-state index in [4.69, 9.17) is 11.6 Å². The van der Waals surface area contributed by atoms with Crippen LogP contribution >= 0.6 is 11.6 Å². The molecule has 0 aliphatic heterocycles. The first-order valence-electron chi connectivity index (χ1n) is 3.88. The van der Waals surface area contributed by atoms with E-state index < -0.39 is 11.7 Å². The number of aliphatic hydroxyl groups is 1. The molecule has 0 heterocycles. The normalized spacial score (nSPS) is 11.1. The van der Waals surface area contributed by atoms with Gasteiger partial charge in [0.05, 0.1) is 7.11 Å². The molecule has 0 saturated carbocycles. The van der Waals surface area contributed by atoms with Crippen LogP contribution in [0.1, 0.15) is 5.56 Å². The summed E-state index contributed by atoms with van der Waals surface area (Å²) in [5.74, 6) is -1.20. The molecule has 0 spiro atoms. The zero-order valence-electron chi connectivity index (χ0n) is 7.53. The van der Waals surface area contributed by atoms with Gasteiger partial charge in [-0.2, -0.15) is 0 Å². The maximum absolute atomic E-state index is 10.8. The summed E-state index contributed by atoms with van der Waals surface area (Å²) in [6.07, 6.45) is 1.31. The zero-order chi connectivity index (χ0) is 10.6. The Bertz CT molecular complexity index is 354. The van der Waals surface area contributed by atoms with Gasteiger partial charge in [-0.3, -0.25) is 0 Å². The molecule has 0 atom stereocenters. The Labute approximate surface area is 86.6 Å². The number of carbonyl (C=O) groups excluding carboxylic acids is 1. The smallest absolute Gasteiger partial charge is 0.373 e. The lowest BCUT2D eigenvalue weighted by molar-refractivity contribution is -0.138. The predicted octanol–water partition coefficient (Wildman–Crippen LogP) is 2.41. The lowest BCUT2D eigenvalue weighted by atomic mass is 10.2. The molecule has 1 rings (SSSR count). The van der Waals surface area contributed by atoms with Crippen LogP contribution < -0.4 is 0 Å². The molecule has 74 valence electrons. The minimum absolute atomic E-state index is 0.435. The molecular formula is C10H9ClO3. The quantitative estimate of drug-likeness (QED) is 0.465. The third-order valence-corrected chi connectivity index (χ3v) is 1.82. The molecule has 0 aromatic heterocycles. The van der Waals surface area contributed by atoms with Crippen LogP contribution in [-0.2, 0) is 9.53 Å². The van der Waals surface area contributed by atoms with Gasteiger partial charge >= 0.3 is 5.97 Å². The van der Waals surface area contributed by atoms with Gasteiger partial charge in [0.15, 0.2) is 0 Å². The number of benzene rings is 1. The summed E-state index contributed by atoms with van der Waals surface area (Å²) in [4.78, 5) is 10.8. The number of aliphatic hydroxyl groups excluding tert-OH is 1. The number of rotatable bonds is 2. The number of esters is 1. The number of ether oxygens (including phenoxy) is 1. The molecule has 0 aliphatic carbocycles. The van der Waals surface area contributed by atoms with Crippen LogP contribution in [0.4, 0.5) is 0 Å². The SMILES string of the molecule is COC(=O)/C(O)=C/c1ccc(Cl)cc1. The van der Waals surface area contributed by atoms with E-state index in [2.05, 4.69) is 4.74 Å². The second-order valence-corrected chi connectivity index (χ2v) is 3.01. The predicted molar refractivity (Wildman–Crippen MR) is 54.1 cm³/mol. The third-order valence-electron chi connectivity index (χ3n) is 1.57. The molecule has 14 heavy (non-hydrogen) atoms. The summed E-state index contributed by atoms with van der Waals surface area (Å²) in [5.41, 5.74) is 0.678. The maximum atomic E-state index is 10.8. The van der Waals surface area contributed by atoms with Crippen LogP contribution in [0.2, 0.25) is 5.02 Å². The fourth-order valence-corrected chi connectivity index (χ4v) is 1.01. The van der Waals surface area contributed by atoms with Crippen LogP contribution in [0.3, 0.4) is 0 Å². The van der Waals surface area contributed by atoms with Crippen molar-refractivity contribution in [2.24, 2.45) is 0 Å². The molecule has 0 aliphatic rings. The number of halogens is 1. The van der Waals surface area contributed by atoms with E-state index in [1.54, 1.807) is 24.3 Å². The molecule has 0 radical (unpaired) electrons. The van der Waals surface area contributed by atoms with Crippen LogP contribution in [0.25, 0.3) is 6.08 Å². The number of methoxy groups -OCH3 is 1. The Morgan fingerprint density at radius 1 is 1.43 bits per heavy atom. The summed E-state index contributed by atoms with van der Waals surface area (Å²) in [6.45, 7) is 0. The van der Waals surface area contributed by atoms with Gasteiger partial charge in [0, 0.05) is 5.02 Å². The topological polar surface area (TPSA) is 46.5 Å². The highest BCUT2D eigenvalue weighted by atomic mass is 35.5. The minimum atomic E-state index is -0.764. The molecular weight excluding hydrogens is 204 g/mol. The van der Waals surface area contributed by atoms with E-state index in [9.17, 15) is 9.90 Å². The van der Waals surface area contributed by atoms with Crippen molar-refractivity contribution in [1.82, 2.24) is 0 Å². The standard InChI is InChI=1S/C10H9ClO3/c1-14-10(13)9(12)6-7-2-4-8(11)5-3-7/h2-6,12H,1H3/b9-6-. The van der Waals surface area contributed by atoms with Crippen LogP contribution in [-0.4, -0.2) is 18.2 Å². The van der Waals surface area contributed by atoms with E-state index in [1.165, 1.54) is 13.2 Å². The van der Waals surface area contributed by atoms with Crippen molar-refractivity contribution in [3.8, 4) is 0 Å². The van der Waals surface area contributed by atoms with Crippen LogP contribution in [0, 0.1) is 0 Å². The molecule has 0 fully saturated rings. The number of hydrogen-bond donors (Lipinski definition) is 1. The zero-order valence-corrected chi connectivity index (χ0v) is 8.28. The van der Waals surface area contributed by atoms with E-state index in [0.29, 0.717) is 10.6 Å². The van der Waals surface area contributed by atoms with Gasteiger partial charge in [0.1, 0.15) is 0 Å². The second kappa shape index (κ2) is 4.67. The average Bonchev–Trinajstić information content (AvgIpc) is 2.20. The van der Waals surface area contributed by atoms with Gasteiger partial charge in [0.2, 0.25) is 5.76 Å².